The number of fused-ring (bicyclic) bond motifs is 1. The van der Waals surface area contributed by atoms with Gasteiger partial charge in [0.05, 0.1) is 25.3 Å². The van der Waals surface area contributed by atoms with Gasteiger partial charge >= 0.3 is 0 Å². The molecule has 0 saturated carbocycles. The van der Waals surface area contributed by atoms with Gasteiger partial charge in [-0.05, 0) is 42.3 Å². The summed E-state index contributed by atoms with van der Waals surface area (Å²) in [6.45, 7) is 1.70. The minimum Gasteiger partial charge on any atom is -0.491 e. The standard InChI is InChI=1S/C31H24F3N3O5/c1-16-27(18-5-7-19(32)8-6-18)29(39)20(15-37(16)2)24(38)13-17-11-21(33)30(22(34)12-17)42-25-9-10-35-23-14-26(40-3)31(41-4)36-28(23)25/h5-12,14-15H,13H2,1-4H3. The number of Topliss-reactive ketones (excluding diaryl/α,β-unsaturated/α-hetero) is 1. The van der Waals surface area contributed by atoms with E-state index in [-0.39, 0.29) is 33.8 Å². The summed E-state index contributed by atoms with van der Waals surface area (Å²) in [6.07, 6.45) is 2.31. The predicted molar refractivity (Wildman–Crippen MR) is 149 cm³/mol. The number of carbonyl (C=O) groups excluding carboxylic acids is 1. The third-order valence-electron chi connectivity index (χ3n) is 6.77. The van der Waals surface area contributed by atoms with E-state index in [0.717, 1.165) is 12.1 Å². The van der Waals surface area contributed by atoms with E-state index < -0.39 is 40.8 Å². The van der Waals surface area contributed by atoms with E-state index >= 15 is 8.78 Å². The molecule has 3 heterocycles. The normalized spacial score (nSPS) is 11.0. The molecule has 0 amide bonds. The Kier molecular flexibility index (Phi) is 7.66. The number of pyridine rings is 3. The number of halogens is 3. The lowest BCUT2D eigenvalue weighted by Crippen LogP contribution is -2.22. The van der Waals surface area contributed by atoms with Crippen LogP contribution in [0, 0.1) is 24.4 Å². The number of hydrogen-bond donors (Lipinski definition) is 0. The van der Waals surface area contributed by atoms with Crippen LogP contribution in [0.5, 0.6) is 23.1 Å². The van der Waals surface area contributed by atoms with Crippen molar-refractivity contribution in [3.05, 3.63) is 105 Å². The van der Waals surface area contributed by atoms with E-state index in [0.29, 0.717) is 22.5 Å². The molecule has 42 heavy (non-hydrogen) atoms. The van der Waals surface area contributed by atoms with E-state index in [1.54, 1.807) is 24.6 Å². The lowest BCUT2D eigenvalue weighted by Gasteiger charge is -2.14. The summed E-state index contributed by atoms with van der Waals surface area (Å²) in [4.78, 5) is 35.0. The smallest absolute Gasteiger partial charge is 0.257 e. The first-order chi connectivity index (χ1) is 20.1. The van der Waals surface area contributed by atoms with Crippen LogP contribution in [0.15, 0.2) is 65.7 Å². The maximum absolute atomic E-state index is 15.2. The average Bonchev–Trinajstić information content (AvgIpc) is 2.97. The summed E-state index contributed by atoms with van der Waals surface area (Å²) < 4.78 is 61.4. The number of ketones is 1. The molecule has 0 aliphatic heterocycles. The number of aromatic nitrogens is 3. The van der Waals surface area contributed by atoms with E-state index in [1.165, 1.54) is 56.9 Å². The number of benzene rings is 2. The Morgan fingerprint density at radius 2 is 1.64 bits per heavy atom. The zero-order valence-electron chi connectivity index (χ0n) is 23.0. The van der Waals surface area contributed by atoms with Gasteiger partial charge in [-0.25, -0.2) is 18.2 Å². The molecule has 11 heteroatoms. The zero-order chi connectivity index (χ0) is 30.1. The summed E-state index contributed by atoms with van der Waals surface area (Å²) >= 11 is 0. The van der Waals surface area contributed by atoms with Gasteiger partial charge < -0.3 is 18.8 Å². The molecule has 0 N–H and O–H groups in total. The fraction of sp³-hybridized carbons (Fsp3) is 0.161. The zero-order valence-corrected chi connectivity index (χ0v) is 23.0. The summed E-state index contributed by atoms with van der Waals surface area (Å²) in [5.74, 6) is -3.49. The van der Waals surface area contributed by atoms with Gasteiger partial charge in [-0.3, -0.25) is 14.6 Å². The van der Waals surface area contributed by atoms with Crippen LogP contribution in [0.25, 0.3) is 22.2 Å². The second kappa shape index (κ2) is 11.4. The maximum atomic E-state index is 15.2. The molecule has 0 aliphatic rings. The molecule has 0 unspecified atom stereocenters. The van der Waals surface area contributed by atoms with Gasteiger partial charge in [-0.1, -0.05) is 12.1 Å². The van der Waals surface area contributed by atoms with Crippen molar-refractivity contribution in [1.29, 1.82) is 0 Å². The van der Waals surface area contributed by atoms with Crippen molar-refractivity contribution < 1.29 is 32.2 Å². The minimum atomic E-state index is -1.06. The van der Waals surface area contributed by atoms with Crippen molar-refractivity contribution in [1.82, 2.24) is 14.5 Å². The molecule has 0 saturated heterocycles. The van der Waals surface area contributed by atoms with Gasteiger partial charge in [0.15, 0.2) is 40.1 Å². The third-order valence-corrected chi connectivity index (χ3v) is 6.77. The van der Waals surface area contributed by atoms with E-state index in [2.05, 4.69) is 9.97 Å². The number of carbonyl (C=O) groups is 1. The van der Waals surface area contributed by atoms with Crippen molar-refractivity contribution >= 4 is 16.8 Å². The highest BCUT2D eigenvalue weighted by Gasteiger charge is 2.22. The molecule has 3 aromatic heterocycles. The molecule has 0 radical (unpaired) electrons. The Morgan fingerprint density at radius 3 is 2.29 bits per heavy atom. The Labute approximate surface area is 238 Å². The van der Waals surface area contributed by atoms with E-state index in [9.17, 15) is 14.0 Å². The number of aryl methyl sites for hydroxylation is 1. The van der Waals surface area contributed by atoms with Gasteiger partial charge in [-0.2, -0.15) is 0 Å². The molecule has 0 aliphatic carbocycles. The van der Waals surface area contributed by atoms with Crippen molar-refractivity contribution in [2.75, 3.05) is 14.2 Å². The SMILES string of the molecule is COc1cc2nccc(Oc3c(F)cc(CC(=O)c4cn(C)c(C)c(-c5ccc(F)cc5)c4=O)cc3F)c2nc1OC. The topological polar surface area (TPSA) is 92.5 Å². The highest BCUT2D eigenvalue weighted by molar-refractivity contribution is 5.98. The summed E-state index contributed by atoms with van der Waals surface area (Å²) in [6, 6.07) is 10.2. The predicted octanol–water partition coefficient (Wildman–Crippen LogP) is 5.96. The summed E-state index contributed by atoms with van der Waals surface area (Å²) in [5, 5.41) is 0. The van der Waals surface area contributed by atoms with Crippen LogP contribution in [-0.2, 0) is 13.5 Å². The Bertz CT molecular complexity index is 1880. The average molecular weight is 576 g/mol. The highest BCUT2D eigenvalue weighted by atomic mass is 19.1. The number of rotatable bonds is 8. The summed E-state index contributed by atoms with van der Waals surface area (Å²) in [7, 11) is 4.49. The van der Waals surface area contributed by atoms with E-state index in [4.69, 9.17) is 14.2 Å². The first-order valence-corrected chi connectivity index (χ1v) is 12.6. The van der Waals surface area contributed by atoms with Crippen molar-refractivity contribution in [3.63, 3.8) is 0 Å². The van der Waals surface area contributed by atoms with Crippen LogP contribution in [0.2, 0.25) is 0 Å². The van der Waals surface area contributed by atoms with Gasteiger partial charge in [-0.15, -0.1) is 0 Å². The number of methoxy groups -OCH3 is 2. The first kappa shape index (κ1) is 28.3. The second-order valence-electron chi connectivity index (χ2n) is 9.42. The molecule has 5 rings (SSSR count). The van der Waals surface area contributed by atoms with Crippen LogP contribution in [-0.4, -0.2) is 34.5 Å². The third kappa shape index (κ3) is 5.28. The van der Waals surface area contributed by atoms with Crippen LogP contribution in [0.4, 0.5) is 13.2 Å². The Morgan fingerprint density at radius 1 is 0.952 bits per heavy atom. The summed E-state index contributed by atoms with van der Waals surface area (Å²) in [5.41, 5.74) is 1.03. The van der Waals surface area contributed by atoms with Crippen molar-refractivity contribution in [2.45, 2.75) is 13.3 Å². The van der Waals surface area contributed by atoms with Crippen LogP contribution >= 0.6 is 0 Å². The molecule has 8 nitrogen and oxygen atoms in total. The van der Waals surface area contributed by atoms with E-state index in [1.807, 2.05) is 0 Å². The molecular formula is C31H24F3N3O5. The second-order valence-corrected chi connectivity index (χ2v) is 9.42. The quantitative estimate of drug-likeness (QED) is 0.211. The minimum absolute atomic E-state index is 0.00238. The van der Waals surface area contributed by atoms with Crippen molar-refractivity contribution in [3.8, 4) is 34.3 Å². The van der Waals surface area contributed by atoms with Gasteiger partial charge in [0.1, 0.15) is 11.3 Å². The molecule has 214 valence electrons. The van der Waals surface area contributed by atoms with Crippen LogP contribution in [0.3, 0.4) is 0 Å². The number of hydrogen-bond acceptors (Lipinski definition) is 7. The van der Waals surface area contributed by atoms with Gasteiger partial charge in [0, 0.05) is 49.3 Å². The molecular weight excluding hydrogens is 551 g/mol. The molecule has 2 aromatic carbocycles. The number of ether oxygens (including phenoxy) is 3. The highest BCUT2D eigenvalue weighted by Crippen LogP contribution is 2.36. The Balaban J connectivity index is 1.46. The number of nitrogens with zero attached hydrogens (tertiary/aromatic N) is 3. The van der Waals surface area contributed by atoms with Crippen LogP contribution in [0.1, 0.15) is 21.6 Å². The molecule has 0 bridgehead atoms. The fourth-order valence-electron chi connectivity index (χ4n) is 4.57. The van der Waals surface area contributed by atoms with Crippen molar-refractivity contribution in [2.24, 2.45) is 7.05 Å². The lowest BCUT2D eigenvalue weighted by atomic mass is 9.97. The monoisotopic (exact) mass is 575 g/mol. The largest absolute Gasteiger partial charge is 0.491 e. The van der Waals surface area contributed by atoms with Gasteiger partial charge in [0.2, 0.25) is 0 Å². The molecule has 5 aromatic rings. The molecule has 0 fully saturated rings. The van der Waals surface area contributed by atoms with Gasteiger partial charge in [0.25, 0.3) is 5.88 Å². The first-order valence-electron chi connectivity index (χ1n) is 12.6. The molecule has 0 atom stereocenters. The maximum Gasteiger partial charge on any atom is 0.257 e. The van der Waals surface area contributed by atoms with Crippen LogP contribution < -0.4 is 19.6 Å². The molecule has 0 spiro atoms. The lowest BCUT2D eigenvalue weighted by molar-refractivity contribution is 0.0991. The Hall–Kier alpha value is -5.19. The fourth-order valence-corrected chi connectivity index (χ4v) is 4.57.